The zero-order chi connectivity index (χ0) is 22.9. The maximum atomic E-state index is 12.2. The summed E-state index contributed by atoms with van der Waals surface area (Å²) in [6, 6.07) is 0. The highest BCUT2D eigenvalue weighted by Crippen LogP contribution is 2.50. The molecule has 4 rings (SSSR count). The van der Waals surface area contributed by atoms with Gasteiger partial charge in [-0.1, -0.05) is 13.8 Å². The largest absolute Gasteiger partial charge is 0.756 e. The molecule has 0 saturated carbocycles. The van der Waals surface area contributed by atoms with Crippen LogP contribution in [0.2, 0.25) is 0 Å². The third-order valence-electron chi connectivity index (χ3n) is 5.02. The molecule has 1 amide bonds. The number of anilines is 1. The summed E-state index contributed by atoms with van der Waals surface area (Å²) in [4.78, 5) is 48.7. The summed E-state index contributed by atoms with van der Waals surface area (Å²) in [7, 11) is -4.55. The lowest BCUT2D eigenvalue weighted by Crippen LogP contribution is -2.43. The number of nitrogens with zero attached hydrogens (tertiary/aromatic N) is 4. The summed E-state index contributed by atoms with van der Waals surface area (Å²) in [5, 5.41) is 2.70. The fourth-order valence-electron chi connectivity index (χ4n) is 3.63. The van der Waals surface area contributed by atoms with Crippen LogP contribution in [0.25, 0.3) is 11.2 Å². The van der Waals surface area contributed by atoms with Crippen molar-refractivity contribution in [2.75, 3.05) is 11.9 Å². The number of imidazole rings is 1. The van der Waals surface area contributed by atoms with Crippen molar-refractivity contribution in [2.24, 2.45) is 0 Å². The van der Waals surface area contributed by atoms with Crippen molar-refractivity contribution in [3.8, 4) is 0 Å². The highest BCUT2D eigenvalue weighted by molar-refractivity contribution is 7.45. The van der Waals surface area contributed by atoms with Gasteiger partial charge in [-0.25, -0.2) is 15.0 Å². The van der Waals surface area contributed by atoms with Crippen molar-refractivity contribution in [1.82, 2.24) is 19.5 Å². The van der Waals surface area contributed by atoms with Crippen molar-refractivity contribution in [3.05, 3.63) is 12.7 Å². The van der Waals surface area contributed by atoms with Gasteiger partial charge in [0.15, 0.2) is 29.3 Å². The van der Waals surface area contributed by atoms with E-state index in [9.17, 15) is 19.0 Å². The Hall–Kier alpha value is -2.44. The Kier molecular flexibility index (Phi) is 6.54. The topological polar surface area (TPSA) is 167 Å². The Balaban J connectivity index is 1.68. The van der Waals surface area contributed by atoms with Crippen molar-refractivity contribution < 1.29 is 37.6 Å². The van der Waals surface area contributed by atoms with E-state index in [-0.39, 0.29) is 24.8 Å². The summed E-state index contributed by atoms with van der Waals surface area (Å²) in [6.45, 7) is 3.43. The van der Waals surface area contributed by atoms with Gasteiger partial charge in [-0.05, 0) is 12.8 Å². The number of amides is 1. The van der Waals surface area contributed by atoms with Crippen LogP contribution in [0.1, 0.15) is 45.8 Å². The standard InChI is InChI=1S/C18H24N5O8P/c1-3-5-11(24)22-16-13-17(20-8-19-16)23(9-21-13)18-15(30-12(25)6-4-2)14-10(29-18)7-28-32(26,27)31-14/h8-10,14-15,18H,3-7H2,1-2H3,(H,26,27)(H,19,20,22,24)/p-1/t10-,14-,15-,18-/m1/s1. The van der Waals surface area contributed by atoms with Gasteiger partial charge in [-0.3, -0.25) is 18.7 Å². The van der Waals surface area contributed by atoms with E-state index in [4.69, 9.17) is 18.5 Å². The fourth-order valence-corrected chi connectivity index (χ4v) is 4.57. The predicted molar refractivity (Wildman–Crippen MR) is 106 cm³/mol. The maximum absolute atomic E-state index is 12.2. The normalized spacial score (nSPS) is 29.6. The number of phosphoric ester groups is 1. The summed E-state index contributed by atoms with van der Waals surface area (Å²) in [5.74, 6) is -0.506. The van der Waals surface area contributed by atoms with Crippen molar-refractivity contribution in [3.63, 3.8) is 0 Å². The predicted octanol–water partition coefficient (Wildman–Crippen LogP) is 1.06. The molecule has 2 saturated heterocycles. The second-order valence-corrected chi connectivity index (χ2v) is 8.79. The Morgan fingerprint density at radius 2 is 2.06 bits per heavy atom. The molecule has 0 bridgehead atoms. The van der Waals surface area contributed by atoms with Gasteiger partial charge in [0.05, 0.1) is 12.9 Å². The summed E-state index contributed by atoms with van der Waals surface area (Å²) >= 11 is 0. The van der Waals surface area contributed by atoms with Crippen LogP contribution >= 0.6 is 7.82 Å². The second-order valence-electron chi connectivity index (χ2n) is 7.43. The number of nitrogens with one attached hydrogen (secondary N) is 1. The maximum Gasteiger partial charge on any atom is 0.306 e. The lowest BCUT2D eigenvalue weighted by atomic mass is 10.1. The van der Waals surface area contributed by atoms with Gasteiger partial charge in [0, 0.05) is 12.8 Å². The molecule has 1 N–H and O–H groups in total. The fraction of sp³-hybridized carbons (Fsp3) is 0.611. The van der Waals surface area contributed by atoms with Crippen molar-refractivity contribution in [1.29, 1.82) is 0 Å². The van der Waals surface area contributed by atoms with E-state index in [1.54, 1.807) is 0 Å². The highest BCUT2D eigenvalue weighted by atomic mass is 31.2. The Morgan fingerprint density at radius 3 is 2.81 bits per heavy atom. The molecule has 2 aliphatic heterocycles. The van der Waals surface area contributed by atoms with Gasteiger partial charge in [-0.2, -0.15) is 0 Å². The zero-order valence-corrected chi connectivity index (χ0v) is 18.4. The molecule has 174 valence electrons. The highest BCUT2D eigenvalue weighted by Gasteiger charge is 2.53. The van der Waals surface area contributed by atoms with Gasteiger partial charge in [-0.15, -0.1) is 0 Å². The first-order valence-corrected chi connectivity index (χ1v) is 11.7. The molecule has 1 unspecified atom stereocenters. The third-order valence-corrected chi connectivity index (χ3v) is 5.99. The molecule has 4 heterocycles. The lowest BCUT2D eigenvalue weighted by Gasteiger charge is -2.35. The van der Waals surface area contributed by atoms with Crippen LogP contribution in [0.4, 0.5) is 5.82 Å². The molecule has 0 radical (unpaired) electrons. The quantitative estimate of drug-likeness (QED) is 0.456. The smallest absolute Gasteiger partial charge is 0.306 e. The van der Waals surface area contributed by atoms with Crippen LogP contribution in [0.15, 0.2) is 12.7 Å². The molecule has 2 aromatic rings. The van der Waals surface area contributed by atoms with Gasteiger partial charge >= 0.3 is 5.97 Å². The molecule has 5 atom stereocenters. The SMILES string of the molecule is CCCC(=O)Nc1ncnc2c1ncn2[C@@H]1O[C@@H]2COP(=O)([O-])O[C@H]2[C@H]1OC(=O)CCC. The van der Waals surface area contributed by atoms with E-state index in [2.05, 4.69) is 20.3 Å². The Morgan fingerprint density at radius 1 is 1.28 bits per heavy atom. The van der Waals surface area contributed by atoms with Gasteiger partial charge in [0.2, 0.25) is 5.91 Å². The molecular formula is C18H23N5O8P-. The molecule has 2 fully saturated rings. The number of esters is 1. The number of fused-ring (bicyclic) bond motifs is 2. The van der Waals surface area contributed by atoms with Crippen LogP contribution in [-0.2, 0) is 32.7 Å². The van der Waals surface area contributed by atoms with E-state index < -0.39 is 38.3 Å². The number of hydrogen-bond acceptors (Lipinski definition) is 11. The van der Waals surface area contributed by atoms with Crippen LogP contribution in [0.3, 0.4) is 0 Å². The molecule has 13 nitrogen and oxygen atoms in total. The average Bonchev–Trinajstić information content (AvgIpc) is 3.30. The van der Waals surface area contributed by atoms with E-state index >= 15 is 0 Å². The van der Waals surface area contributed by atoms with Gasteiger partial charge in [0.1, 0.15) is 18.5 Å². The lowest BCUT2D eigenvalue weighted by molar-refractivity contribution is -0.246. The molecule has 2 aliphatic rings. The number of ether oxygens (including phenoxy) is 2. The van der Waals surface area contributed by atoms with Gasteiger partial charge < -0.3 is 28.7 Å². The van der Waals surface area contributed by atoms with Crippen molar-refractivity contribution >= 4 is 36.7 Å². The molecule has 2 aromatic heterocycles. The number of carbonyl (C=O) groups excluding carboxylic acids is 2. The number of hydrogen-bond donors (Lipinski definition) is 1. The van der Waals surface area contributed by atoms with E-state index in [0.29, 0.717) is 30.4 Å². The molecule has 14 heteroatoms. The number of rotatable bonds is 7. The molecule has 32 heavy (non-hydrogen) atoms. The minimum absolute atomic E-state index is 0.145. The third kappa shape index (κ3) is 4.52. The molecule has 0 aromatic carbocycles. The summed E-state index contributed by atoms with van der Waals surface area (Å²) in [6.07, 6.45) is 0.404. The summed E-state index contributed by atoms with van der Waals surface area (Å²) in [5.41, 5.74) is 0.610. The Bertz CT molecular complexity index is 1060. The van der Waals surface area contributed by atoms with Crippen LogP contribution in [-0.4, -0.2) is 56.3 Å². The summed E-state index contributed by atoms with van der Waals surface area (Å²) < 4.78 is 34.7. The number of phosphoric acid groups is 1. The van der Waals surface area contributed by atoms with Crippen LogP contribution in [0, 0.1) is 0 Å². The number of carbonyl (C=O) groups is 2. The molecular weight excluding hydrogens is 445 g/mol. The van der Waals surface area contributed by atoms with Crippen molar-refractivity contribution in [2.45, 2.75) is 64.1 Å². The van der Waals surface area contributed by atoms with Crippen LogP contribution < -0.4 is 10.2 Å². The molecule has 0 aliphatic carbocycles. The zero-order valence-electron chi connectivity index (χ0n) is 17.5. The van der Waals surface area contributed by atoms with E-state index in [1.807, 2.05) is 13.8 Å². The number of aromatic nitrogens is 4. The van der Waals surface area contributed by atoms with E-state index in [1.165, 1.54) is 17.2 Å². The van der Waals surface area contributed by atoms with Gasteiger partial charge in [0.25, 0.3) is 7.82 Å². The monoisotopic (exact) mass is 468 g/mol. The first kappa shape index (κ1) is 22.7. The molecule has 0 spiro atoms. The minimum Gasteiger partial charge on any atom is -0.756 e. The average molecular weight is 468 g/mol. The first-order chi connectivity index (χ1) is 15.3. The van der Waals surface area contributed by atoms with Crippen LogP contribution in [0.5, 0.6) is 0 Å². The van der Waals surface area contributed by atoms with E-state index in [0.717, 1.165) is 0 Å². The minimum atomic E-state index is -4.55. The Labute approximate surface area is 183 Å². The second kappa shape index (κ2) is 9.20. The first-order valence-electron chi connectivity index (χ1n) is 10.3.